The Morgan fingerprint density at radius 1 is 1.44 bits per heavy atom. The number of rotatable bonds is 6. The van der Waals surface area contributed by atoms with E-state index in [0.717, 1.165) is 5.56 Å². The second-order valence-electron chi connectivity index (χ2n) is 3.92. The van der Waals surface area contributed by atoms with Crippen molar-refractivity contribution in [2.24, 2.45) is 0 Å². The zero-order valence-corrected chi connectivity index (χ0v) is 10.5. The number of methoxy groups -OCH3 is 1. The topological polar surface area (TPSA) is 75.6 Å². The number of carbonyl (C=O) groups excluding carboxylic acids is 1. The maximum absolute atomic E-state index is 11.4. The number of benzene rings is 1. The summed E-state index contributed by atoms with van der Waals surface area (Å²) >= 11 is 0. The first kappa shape index (κ1) is 14.2. The van der Waals surface area contributed by atoms with Gasteiger partial charge < -0.3 is 15.2 Å². The van der Waals surface area contributed by atoms with Crippen LogP contribution in [0.2, 0.25) is 0 Å². The van der Waals surface area contributed by atoms with Gasteiger partial charge in [0.15, 0.2) is 0 Å². The average molecular weight is 251 g/mol. The first-order chi connectivity index (χ1) is 8.54. The molecule has 0 saturated heterocycles. The van der Waals surface area contributed by atoms with E-state index >= 15 is 0 Å². The predicted octanol–water partition coefficient (Wildman–Crippen LogP) is 1.08. The number of amides is 1. The van der Waals surface area contributed by atoms with Crippen LogP contribution in [0.15, 0.2) is 24.3 Å². The quantitative estimate of drug-likeness (QED) is 0.793. The molecule has 98 valence electrons. The Balaban J connectivity index is 2.47. The van der Waals surface area contributed by atoms with Crippen LogP contribution in [-0.2, 0) is 16.0 Å². The average Bonchev–Trinajstić information content (AvgIpc) is 2.38. The fourth-order valence-electron chi connectivity index (χ4n) is 1.44. The van der Waals surface area contributed by atoms with E-state index < -0.39 is 12.1 Å². The number of carboxylic acid groups (broad SMARTS) is 1. The summed E-state index contributed by atoms with van der Waals surface area (Å²) in [6.45, 7) is 2.12. The van der Waals surface area contributed by atoms with Crippen LogP contribution >= 0.6 is 0 Å². The van der Waals surface area contributed by atoms with Gasteiger partial charge in [0.05, 0.1) is 5.56 Å². The van der Waals surface area contributed by atoms with E-state index in [9.17, 15) is 9.59 Å². The SMILES string of the molecule is COC(C)C(=O)NCCc1cccc(C(=O)O)c1. The molecule has 0 spiro atoms. The number of nitrogens with one attached hydrogen (secondary N) is 1. The summed E-state index contributed by atoms with van der Waals surface area (Å²) in [5.41, 5.74) is 1.13. The maximum atomic E-state index is 11.4. The van der Waals surface area contributed by atoms with Gasteiger partial charge in [-0.3, -0.25) is 4.79 Å². The number of aromatic carboxylic acids is 1. The van der Waals surface area contributed by atoms with Crippen molar-refractivity contribution >= 4 is 11.9 Å². The highest BCUT2D eigenvalue weighted by Gasteiger charge is 2.10. The second kappa shape index (κ2) is 6.76. The summed E-state index contributed by atoms with van der Waals surface area (Å²) in [7, 11) is 1.47. The molecule has 0 aliphatic rings. The molecule has 0 heterocycles. The Hall–Kier alpha value is -1.88. The lowest BCUT2D eigenvalue weighted by atomic mass is 10.1. The molecule has 5 nitrogen and oxygen atoms in total. The van der Waals surface area contributed by atoms with Crippen LogP contribution in [0.5, 0.6) is 0 Å². The summed E-state index contributed by atoms with van der Waals surface area (Å²) in [6, 6.07) is 6.67. The predicted molar refractivity (Wildman–Crippen MR) is 66.6 cm³/mol. The molecule has 1 unspecified atom stereocenters. The molecule has 1 aromatic carbocycles. The van der Waals surface area contributed by atoms with E-state index in [4.69, 9.17) is 9.84 Å². The molecular formula is C13H17NO4. The monoisotopic (exact) mass is 251 g/mol. The summed E-state index contributed by atoms with van der Waals surface area (Å²) in [5.74, 6) is -1.12. The van der Waals surface area contributed by atoms with Crippen LogP contribution in [0.1, 0.15) is 22.8 Å². The van der Waals surface area contributed by atoms with Crippen LogP contribution in [0.4, 0.5) is 0 Å². The molecule has 0 aromatic heterocycles. The summed E-state index contributed by atoms with van der Waals surface area (Å²) in [6.07, 6.45) is 0.110. The first-order valence-corrected chi connectivity index (χ1v) is 5.67. The molecule has 2 N–H and O–H groups in total. The summed E-state index contributed by atoms with van der Waals surface area (Å²) in [5, 5.41) is 11.6. The summed E-state index contributed by atoms with van der Waals surface area (Å²) < 4.78 is 4.88. The molecule has 0 saturated carbocycles. The zero-order valence-electron chi connectivity index (χ0n) is 10.5. The molecule has 5 heteroatoms. The third-order valence-corrected chi connectivity index (χ3v) is 2.61. The van der Waals surface area contributed by atoms with Gasteiger partial charge in [-0.25, -0.2) is 4.79 Å². The van der Waals surface area contributed by atoms with Crippen LogP contribution < -0.4 is 5.32 Å². The highest BCUT2D eigenvalue weighted by molar-refractivity contribution is 5.87. The smallest absolute Gasteiger partial charge is 0.335 e. The number of ether oxygens (including phenoxy) is 1. The van der Waals surface area contributed by atoms with Gasteiger partial charge in [0.2, 0.25) is 5.91 Å². The minimum Gasteiger partial charge on any atom is -0.478 e. The molecule has 0 fully saturated rings. The first-order valence-electron chi connectivity index (χ1n) is 5.67. The van der Waals surface area contributed by atoms with Crippen molar-refractivity contribution in [1.82, 2.24) is 5.32 Å². The van der Waals surface area contributed by atoms with Gasteiger partial charge in [0, 0.05) is 13.7 Å². The van der Waals surface area contributed by atoms with Gasteiger partial charge >= 0.3 is 5.97 Å². The lowest BCUT2D eigenvalue weighted by Crippen LogP contribution is -2.35. The van der Waals surface area contributed by atoms with Crippen molar-refractivity contribution in [1.29, 1.82) is 0 Å². The van der Waals surface area contributed by atoms with Crippen LogP contribution in [0, 0.1) is 0 Å². The molecule has 0 aliphatic carbocycles. The molecule has 0 aliphatic heterocycles. The van der Waals surface area contributed by atoms with Crippen LogP contribution in [-0.4, -0.2) is 36.7 Å². The van der Waals surface area contributed by atoms with Crippen molar-refractivity contribution in [3.05, 3.63) is 35.4 Å². The fraction of sp³-hybridized carbons (Fsp3) is 0.385. The van der Waals surface area contributed by atoms with E-state index in [0.29, 0.717) is 13.0 Å². The number of hydrogen-bond donors (Lipinski definition) is 2. The Bertz CT molecular complexity index is 431. The summed E-state index contributed by atoms with van der Waals surface area (Å²) in [4.78, 5) is 22.2. The fourth-order valence-corrected chi connectivity index (χ4v) is 1.44. The van der Waals surface area contributed by atoms with Crippen LogP contribution in [0.3, 0.4) is 0 Å². The van der Waals surface area contributed by atoms with E-state index in [1.165, 1.54) is 13.2 Å². The van der Waals surface area contributed by atoms with Crippen molar-refractivity contribution in [2.75, 3.05) is 13.7 Å². The van der Waals surface area contributed by atoms with Crippen molar-refractivity contribution in [2.45, 2.75) is 19.4 Å². The van der Waals surface area contributed by atoms with Gasteiger partial charge in [0.1, 0.15) is 6.10 Å². The molecule has 1 atom stereocenters. The normalized spacial score (nSPS) is 11.9. The molecule has 1 aromatic rings. The molecule has 0 radical (unpaired) electrons. The van der Waals surface area contributed by atoms with E-state index in [-0.39, 0.29) is 11.5 Å². The largest absolute Gasteiger partial charge is 0.478 e. The standard InChI is InChI=1S/C13H17NO4/c1-9(18-2)12(15)14-7-6-10-4-3-5-11(8-10)13(16)17/h3-5,8-9H,6-7H2,1-2H3,(H,14,15)(H,16,17). The van der Waals surface area contributed by atoms with Crippen molar-refractivity contribution in [3.8, 4) is 0 Å². The molecule has 1 amide bonds. The lowest BCUT2D eigenvalue weighted by Gasteiger charge is -2.10. The number of carbonyl (C=O) groups is 2. The Labute approximate surface area is 106 Å². The lowest BCUT2D eigenvalue weighted by molar-refractivity contribution is -0.129. The van der Waals surface area contributed by atoms with E-state index in [1.807, 2.05) is 6.07 Å². The highest BCUT2D eigenvalue weighted by atomic mass is 16.5. The zero-order chi connectivity index (χ0) is 13.5. The van der Waals surface area contributed by atoms with Gasteiger partial charge in [-0.15, -0.1) is 0 Å². The Kier molecular flexibility index (Phi) is 5.32. The number of carboxylic acids is 1. The highest BCUT2D eigenvalue weighted by Crippen LogP contribution is 2.05. The van der Waals surface area contributed by atoms with Gasteiger partial charge in [-0.05, 0) is 31.0 Å². The minimum absolute atomic E-state index is 0.174. The van der Waals surface area contributed by atoms with Gasteiger partial charge in [-0.2, -0.15) is 0 Å². The second-order valence-corrected chi connectivity index (χ2v) is 3.92. The third-order valence-electron chi connectivity index (χ3n) is 2.61. The van der Waals surface area contributed by atoms with Crippen molar-refractivity contribution in [3.63, 3.8) is 0 Å². The van der Waals surface area contributed by atoms with Crippen molar-refractivity contribution < 1.29 is 19.4 Å². The Morgan fingerprint density at radius 3 is 2.78 bits per heavy atom. The molecule has 18 heavy (non-hydrogen) atoms. The maximum Gasteiger partial charge on any atom is 0.335 e. The minimum atomic E-state index is -0.950. The molecule has 1 rings (SSSR count). The third kappa shape index (κ3) is 4.18. The molecule has 0 bridgehead atoms. The van der Waals surface area contributed by atoms with Gasteiger partial charge in [0.25, 0.3) is 0 Å². The van der Waals surface area contributed by atoms with Gasteiger partial charge in [-0.1, -0.05) is 12.1 Å². The van der Waals surface area contributed by atoms with E-state index in [1.54, 1.807) is 19.1 Å². The number of hydrogen-bond acceptors (Lipinski definition) is 3. The Morgan fingerprint density at radius 2 is 2.17 bits per heavy atom. The van der Waals surface area contributed by atoms with Crippen LogP contribution in [0.25, 0.3) is 0 Å². The molecular weight excluding hydrogens is 234 g/mol. The van der Waals surface area contributed by atoms with E-state index in [2.05, 4.69) is 5.32 Å².